The van der Waals surface area contributed by atoms with E-state index in [4.69, 9.17) is 0 Å². The second kappa shape index (κ2) is 5.73. The fourth-order valence-corrected chi connectivity index (χ4v) is 5.13. The van der Waals surface area contributed by atoms with Gasteiger partial charge in [-0.15, -0.1) is 11.8 Å². The van der Waals surface area contributed by atoms with Crippen LogP contribution < -0.4 is 5.32 Å². The topological polar surface area (TPSA) is 46.2 Å². The number of fused-ring (bicyclic) bond motifs is 1. The van der Waals surface area contributed by atoms with E-state index in [0.29, 0.717) is 4.90 Å². The third-order valence-corrected chi connectivity index (χ3v) is 6.30. The van der Waals surface area contributed by atoms with Crippen molar-refractivity contribution in [3.8, 4) is 0 Å². The summed E-state index contributed by atoms with van der Waals surface area (Å²) >= 11 is 1.75. The SMILES string of the molecule is CCSc1ccccc1NC1CS(=O)(=O)c2ccccc21. The van der Waals surface area contributed by atoms with Crippen molar-refractivity contribution in [2.75, 3.05) is 16.8 Å². The van der Waals surface area contributed by atoms with E-state index in [9.17, 15) is 8.42 Å². The van der Waals surface area contributed by atoms with Gasteiger partial charge in [-0.1, -0.05) is 37.3 Å². The Kier molecular flexibility index (Phi) is 3.95. The molecule has 110 valence electrons. The molecule has 1 aliphatic rings. The maximum atomic E-state index is 12.2. The second-order valence-electron chi connectivity index (χ2n) is 4.95. The Labute approximate surface area is 129 Å². The summed E-state index contributed by atoms with van der Waals surface area (Å²) in [5.74, 6) is 1.11. The third-order valence-electron chi connectivity index (χ3n) is 3.53. The Bertz CT molecular complexity index is 756. The summed E-state index contributed by atoms with van der Waals surface area (Å²) in [7, 11) is -3.17. The molecule has 1 aliphatic heterocycles. The molecule has 2 aromatic carbocycles. The van der Waals surface area contributed by atoms with Gasteiger partial charge in [0, 0.05) is 10.6 Å². The first kappa shape index (κ1) is 14.5. The Morgan fingerprint density at radius 2 is 1.86 bits per heavy atom. The molecular weight excluding hydrogens is 302 g/mol. The lowest BCUT2D eigenvalue weighted by Gasteiger charge is -2.17. The highest BCUT2D eigenvalue weighted by Gasteiger charge is 2.34. The van der Waals surface area contributed by atoms with Gasteiger partial charge in [0.1, 0.15) is 0 Å². The lowest BCUT2D eigenvalue weighted by molar-refractivity contribution is 0.598. The molecule has 0 radical (unpaired) electrons. The van der Waals surface area contributed by atoms with Crippen molar-refractivity contribution < 1.29 is 8.42 Å². The van der Waals surface area contributed by atoms with Crippen LogP contribution in [0, 0.1) is 0 Å². The molecule has 3 rings (SSSR count). The fourth-order valence-electron chi connectivity index (χ4n) is 2.62. The molecule has 0 spiro atoms. The number of sulfone groups is 1. The summed E-state index contributed by atoms with van der Waals surface area (Å²) < 4.78 is 24.4. The van der Waals surface area contributed by atoms with Gasteiger partial charge in [-0.2, -0.15) is 0 Å². The zero-order valence-corrected chi connectivity index (χ0v) is 13.4. The van der Waals surface area contributed by atoms with Gasteiger partial charge in [0.25, 0.3) is 0 Å². The fraction of sp³-hybridized carbons (Fsp3) is 0.250. The van der Waals surface area contributed by atoms with Gasteiger partial charge in [0.05, 0.1) is 16.7 Å². The van der Waals surface area contributed by atoms with Crippen molar-refractivity contribution in [2.24, 2.45) is 0 Å². The van der Waals surface area contributed by atoms with Crippen molar-refractivity contribution in [1.29, 1.82) is 0 Å². The Morgan fingerprint density at radius 1 is 1.14 bits per heavy atom. The number of anilines is 1. The van der Waals surface area contributed by atoms with Crippen LogP contribution in [-0.2, 0) is 9.84 Å². The highest BCUT2D eigenvalue weighted by molar-refractivity contribution is 7.99. The van der Waals surface area contributed by atoms with Crippen LogP contribution >= 0.6 is 11.8 Å². The molecule has 2 aromatic rings. The summed E-state index contributed by atoms with van der Waals surface area (Å²) in [6.45, 7) is 2.11. The molecule has 0 saturated carbocycles. The molecule has 3 nitrogen and oxygen atoms in total. The minimum Gasteiger partial charge on any atom is -0.376 e. The van der Waals surface area contributed by atoms with E-state index in [1.807, 2.05) is 30.3 Å². The summed E-state index contributed by atoms with van der Waals surface area (Å²) in [6, 6.07) is 15.1. The normalized spacial score (nSPS) is 19.2. The van der Waals surface area contributed by atoms with Gasteiger partial charge >= 0.3 is 0 Å². The number of hydrogen-bond donors (Lipinski definition) is 1. The monoisotopic (exact) mass is 319 g/mol. The van der Waals surface area contributed by atoms with E-state index in [0.717, 1.165) is 21.9 Å². The van der Waals surface area contributed by atoms with Crippen LogP contribution in [0.25, 0.3) is 0 Å². The van der Waals surface area contributed by atoms with Gasteiger partial charge in [0.15, 0.2) is 9.84 Å². The van der Waals surface area contributed by atoms with Crippen molar-refractivity contribution in [3.63, 3.8) is 0 Å². The Morgan fingerprint density at radius 3 is 2.67 bits per heavy atom. The molecule has 0 aromatic heterocycles. The van der Waals surface area contributed by atoms with Crippen LogP contribution in [0.5, 0.6) is 0 Å². The van der Waals surface area contributed by atoms with E-state index in [1.165, 1.54) is 0 Å². The summed E-state index contributed by atoms with van der Waals surface area (Å²) in [4.78, 5) is 1.62. The second-order valence-corrected chi connectivity index (χ2v) is 8.25. The molecule has 1 atom stereocenters. The first-order chi connectivity index (χ1) is 10.1. The molecule has 5 heteroatoms. The van der Waals surface area contributed by atoms with Crippen molar-refractivity contribution >= 4 is 27.3 Å². The lowest BCUT2D eigenvalue weighted by atomic mass is 10.1. The lowest BCUT2D eigenvalue weighted by Crippen LogP contribution is -2.13. The van der Waals surface area contributed by atoms with Crippen LogP contribution in [-0.4, -0.2) is 19.9 Å². The van der Waals surface area contributed by atoms with Crippen LogP contribution in [0.15, 0.2) is 58.3 Å². The minimum atomic E-state index is -3.17. The zero-order valence-electron chi connectivity index (χ0n) is 11.7. The quantitative estimate of drug-likeness (QED) is 0.872. The average molecular weight is 319 g/mol. The molecule has 0 bridgehead atoms. The van der Waals surface area contributed by atoms with Gasteiger partial charge in [-0.05, 0) is 29.5 Å². The number of nitrogens with one attached hydrogen (secondary N) is 1. The zero-order chi connectivity index (χ0) is 14.9. The number of benzene rings is 2. The van der Waals surface area contributed by atoms with Crippen LogP contribution in [0.4, 0.5) is 5.69 Å². The van der Waals surface area contributed by atoms with E-state index < -0.39 is 9.84 Å². The van der Waals surface area contributed by atoms with Gasteiger partial charge in [0.2, 0.25) is 0 Å². The number of thioether (sulfide) groups is 1. The van der Waals surface area contributed by atoms with Gasteiger partial charge < -0.3 is 5.32 Å². The van der Waals surface area contributed by atoms with Crippen molar-refractivity contribution in [3.05, 3.63) is 54.1 Å². The van der Waals surface area contributed by atoms with Crippen LogP contribution in [0.2, 0.25) is 0 Å². The smallest absolute Gasteiger partial charge is 0.181 e. The summed E-state index contributed by atoms with van der Waals surface area (Å²) in [5, 5.41) is 3.41. The molecular formula is C16H17NO2S2. The van der Waals surface area contributed by atoms with Gasteiger partial charge in [-0.3, -0.25) is 0 Å². The molecule has 21 heavy (non-hydrogen) atoms. The molecule has 0 saturated heterocycles. The maximum absolute atomic E-state index is 12.2. The van der Waals surface area contributed by atoms with Crippen molar-refractivity contribution in [1.82, 2.24) is 0 Å². The Balaban J connectivity index is 1.94. The molecule has 1 N–H and O–H groups in total. The highest BCUT2D eigenvalue weighted by Crippen LogP contribution is 2.37. The minimum absolute atomic E-state index is 0.122. The summed E-state index contributed by atoms with van der Waals surface area (Å²) in [6.07, 6.45) is 0. The first-order valence-electron chi connectivity index (χ1n) is 6.92. The largest absolute Gasteiger partial charge is 0.376 e. The van der Waals surface area contributed by atoms with Crippen LogP contribution in [0.3, 0.4) is 0 Å². The van der Waals surface area contributed by atoms with Crippen molar-refractivity contribution in [2.45, 2.75) is 22.8 Å². The van der Waals surface area contributed by atoms with Gasteiger partial charge in [-0.25, -0.2) is 8.42 Å². The predicted molar refractivity (Wildman–Crippen MR) is 87.7 cm³/mol. The summed E-state index contributed by atoms with van der Waals surface area (Å²) in [5.41, 5.74) is 1.87. The molecule has 0 fully saturated rings. The molecule has 1 heterocycles. The molecule has 0 amide bonds. The number of rotatable bonds is 4. The first-order valence-corrected chi connectivity index (χ1v) is 9.55. The highest BCUT2D eigenvalue weighted by atomic mass is 32.2. The van der Waals surface area contributed by atoms with Crippen LogP contribution in [0.1, 0.15) is 18.5 Å². The predicted octanol–water partition coefficient (Wildman–Crippen LogP) is 3.74. The van der Waals surface area contributed by atoms with E-state index in [-0.39, 0.29) is 11.8 Å². The molecule has 0 aliphatic carbocycles. The average Bonchev–Trinajstić information content (AvgIpc) is 2.73. The number of para-hydroxylation sites is 1. The standard InChI is InChI=1S/C16H17NO2S2/c1-2-20-15-9-5-4-8-13(15)17-14-11-21(18,19)16-10-6-3-7-12(14)16/h3-10,14,17H,2,11H2,1H3. The Hall–Kier alpha value is -1.46. The van der Waals surface area contributed by atoms with E-state index in [1.54, 1.807) is 23.9 Å². The van der Waals surface area contributed by atoms with E-state index in [2.05, 4.69) is 18.3 Å². The molecule has 1 unspecified atom stereocenters. The van der Waals surface area contributed by atoms with E-state index >= 15 is 0 Å². The third kappa shape index (κ3) is 2.80. The maximum Gasteiger partial charge on any atom is 0.181 e. The number of hydrogen-bond acceptors (Lipinski definition) is 4.